The van der Waals surface area contributed by atoms with Gasteiger partial charge in [0.25, 0.3) is 0 Å². The molecule has 128 valence electrons. The minimum Gasteiger partial charge on any atom is -0.367 e. The summed E-state index contributed by atoms with van der Waals surface area (Å²) in [5, 5.41) is 9.14. The number of hydrogen-bond acceptors (Lipinski definition) is 4. The minimum atomic E-state index is -4.09. The molecule has 2 N–H and O–H groups in total. The van der Waals surface area contributed by atoms with E-state index in [4.69, 9.17) is 9.63 Å². The lowest BCUT2D eigenvalue weighted by Crippen LogP contribution is -2.09. The summed E-state index contributed by atoms with van der Waals surface area (Å²) in [6.07, 6.45) is 11.0. The van der Waals surface area contributed by atoms with Gasteiger partial charge in [-0.2, -0.15) is 0 Å². The molecule has 0 aromatic carbocycles. The molecule has 0 aliphatic heterocycles. The first-order valence-electron chi connectivity index (χ1n) is 8.35. The summed E-state index contributed by atoms with van der Waals surface area (Å²) in [6, 6.07) is 0. The van der Waals surface area contributed by atoms with Crippen LogP contribution in [-0.2, 0) is 13.6 Å². The van der Waals surface area contributed by atoms with Gasteiger partial charge in [-0.25, -0.2) is 4.57 Å². The summed E-state index contributed by atoms with van der Waals surface area (Å²) in [4.78, 5) is 9.31. The SMILES string of the molecule is CCCCCCCCCCCCOP(=O)(O)OC(O)CC. The fraction of sp³-hybridized carbons (Fsp3) is 1.00. The molecule has 2 atom stereocenters. The molecule has 0 aromatic rings. The van der Waals surface area contributed by atoms with E-state index in [0.29, 0.717) is 0 Å². The standard InChI is InChI=1S/C15H33O5P/c1-3-5-6-7-8-9-10-11-12-13-14-19-21(17,18)20-15(16)4-2/h15-16H,3-14H2,1-2H3,(H,17,18). The minimum absolute atomic E-state index is 0.195. The van der Waals surface area contributed by atoms with Crippen LogP contribution >= 0.6 is 7.82 Å². The van der Waals surface area contributed by atoms with Crippen LogP contribution in [0.2, 0.25) is 0 Å². The Labute approximate surface area is 129 Å². The van der Waals surface area contributed by atoms with Gasteiger partial charge in [0.05, 0.1) is 6.61 Å². The van der Waals surface area contributed by atoms with Gasteiger partial charge in [0.2, 0.25) is 0 Å². The lowest BCUT2D eigenvalue weighted by atomic mass is 10.1. The van der Waals surface area contributed by atoms with E-state index in [1.165, 1.54) is 44.9 Å². The molecule has 0 aliphatic rings. The van der Waals surface area contributed by atoms with E-state index in [-0.39, 0.29) is 13.0 Å². The van der Waals surface area contributed by atoms with E-state index in [1.807, 2.05) is 0 Å². The van der Waals surface area contributed by atoms with Crippen LogP contribution in [0.4, 0.5) is 0 Å². The Morgan fingerprint density at radius 2 is 1.38 bits per heavy atom. The number of aliphatic hydroxyl groups is 1. The molecule has 0 amide bonds. The fourth-order valence-electron chi connectivity index (χ4n) is 2.03. The summed E-state index contributed by atoms with van der Waals surface area (Å²) in [5.74, 6) is 0. The molecule has 5 nitrogen and oxygen atoms in total. The molecular formula is C15H33O5P. The van der Waals surface area contributed by atoms with Crippen LogP contribution in [0.5, 0.6) is 0 Å². The Balaban J connectivity index is 3.33. The molecule has 2 unspecified atom stereocenters. The lowest BCUT2D eigenvalue weighted by molar-refractivity contribution is -0.0438. The van der Waals surface area contributed by atoms with Crippen molar-refractivity contribution in [2.75, 3.05) is 6.61 Å². The first-order valence-corrected chi connectivity index (χ1v) is 9.85. The van der Waals surface area contributed by atoms with E-state index >= 15 is 0 Å². The first kappa shape index (κ1) is 21.1. The van der Waals surface area contributed by atoms with Crippen LogP contribution in [0.3, 0.4) is 0 Å². The van der Waals surface area contributed by atoms with Crippen LogP contribution in [0, 0.1) is 0 Å². The summed E-state index contributed by atoms with van der Waals surface area (Å²) in [7, 11) is -4.09. The molecule has 6 heteroatoms. The Kier molecular flexibility index (Phi) is 13.8. The van der Waals surface area contributed by atoms with Crippen LogP contribution < -0.4 is 0 Å². The summed E-state index contributed by atoms with van der Waals surface area (Å²) < 4.78 is 20.7. The molecule has 21 heavy (non-hydrogen) atoms. The van der Waals surface area contributed by atoms with Gasteiger partial charge in [-0.3, -0.25) is 9.05 Å². The van der Waals surface area contributed by atoms with Gasteiger partial charge in [-0.15, -0.1) is 0 Å². The van der Waals surface area contributed by atoms with Crippen molar-refractivity contribution in [3.8, 4) is 0 Å². The zero-order valence-electron chi connectivity index (χ0n) is 13.6. The summed E-state index contributed by atoms with van der Waals surface area (Å²) in [6.45, 7) is 4.08. The predicted octanol–water partition coefficient (Wildman–Crippen LogP) is 4.77. The Hall–Kier alpha value is 0.0700. The third-order valence-electron chi connectivity index (χ3n) is 3.36. The number of phosphoric acid groups is 1. The molecule has 0 fully saturated rings. The average molecular weight is 324 g/mol. The van der Waals surface area contributed by atoms with E-state index < -0.39 is 14.1 Å². The van der Waals surface area contributed by atoms with Crippen LogP contribution in [0.1, 0.15) is 84.5 Å². The molecular weight excluding hydrogens is 291 g/mol. The molecule has 0 spiro atoms. The third kappa shape index (κ3) is 14.8. The highest BCUT2D eigenvalue weighted by Gasteiger charge is 2.24. The van der Waals surface area contributed by atoms with E-state index in [0.717, 1.165) is 19.3 Å². The maximum atomic E-state index is 11.4. The van der Waals surface area contributed by atoms with Gasteiger partial charge >= 0.3 is 7.82 Å². The monoisotopic (exact) mass is 324 g/mol. The number of phosphoric ester groups is 1. The second-order valence-electron chi connectivity index (χ2n) is 5.45. The number of hydrogen-bond donors (Lipinski definition) is 2. The van der Waals surface area contributed by atoms with Crippen molar-refractivity contribution >= 4 is 7.82 Å². The first-order chi connectivity index (χ1) is 10.0. The van der Waals surface area contributed by atoms with Gasteiger partial charge in [0, 0.05) is 0 Å². The maximum Gasteiger partial charge on any atom is 0.474 e. The smallest absolute Gasteiger partial charge is 0.367 e. The number of rotatable bonds is 15. The van der Waals surface area contributed by atoms with Crippen molar-refractivity contribution in [3.63, 3.8) is 0 Å². The highest BCUT2D eigenvalue weighted by Crippen LogP contribution is 2.44. The Morgan fingerprint density at radius 3 is 1.86 bits per heavy atom. The van der Waals surface area contributed by atoms with E-state index in [9.17, 15) is 9.46 Å². The van der Waals surface area contributed by atoms with Crippen molar-refractivity contribution in [1.82, 2.24) is 0 Å². The van der Waals surface area contributed by atoms with Crippen molar-refractivity contribution in [3.05, 3.63) is 0 Å². The lowest BCUT2D eigenvalue weighted by Gasteiger charge is -2.15. The van der Waals surface area contributed by atoms with Crippen LogP contribution in [0.25, 0.3) is 0 Å². The van der Waals surface area contributed by atoms with E-state index in [2.05, 4.69) is 11.4 Å². The van der Waals surface area contributed by atoms with Crippen LogP contribution in [0.15, 0.2) is 0 Å². The molecule has 0 heterocycles. The molecule has 0 rings (SSSR count). The van der Waals surface area contributed by atoms with Crippen molar-refractivity contribution < 1.29 is 23.6 Å². The zero-order chi connectivity index (χ0) is 16.0. The third-order valence-corrected chi connectivity index (χ3v) is 4.38. The van der Waals surface area contributed by atoms with E-state index in [1.54, 1.807) is 6.92 Å². The van der Waals surface area contributed by atoms with Crippen LogP contribution in [-0.4, -0.2) is 22.9 Å². The molecule has 0 radical (unpaired) electrons. The molecule has 0 bridgehead atoms. The van der Waals surface area contributed by atoms with Gasteiger partial charge in [-0.05, 0) is 12.8 Å². The van der Waals surface area contributed by atoms with Crippen molar-refractivity contribution in [1.29, 1.82) is 0 Å². The molecule has 0 saturated heterocycles. The summed E-state index contributed by atoms with van der Waals surface area (Å²) >= 11 is 0. The zero-order valence-corrected chi connectivity index (χ0v) is 14.5. The fourth-order valence-corrected chi connectivity index (χ4v) is 2.91. The van der Waals surface area contributed by atoms with Gasteiger partial charge in [0.1, 0.15) is 0 Å². The van der Waals surface area contributed by atoms with Gasteiger partial charge < -0.3 is 10.00 Å². The van der Waals surface area contributed by atoms with Crippen molar-refractivity contribution in [2.45, 2.75) is 90.8 Å². The Morgan fingerprint density at radius 1 is 0.905 bits per heavy atom. The number of unbranched alkanes of at least 4 members (excludes halogenated alkanes) is 9. The van der Waals surface area contributed by atoms with Gasteiger partial charge in [-0.1, -0.05) is 71.6 Å². The highest BCUT2D eigenvalue weighted by atomic mass is 31.2. The second kappa shape index (κ2) is 13.7. The molecule has 0 aliphatic carbocycles. The Bertz CT molecular complexity index is 273. The number of aliphatic hydroxyl groups excluding tert-OH is 1. The molecule has 0 aromatic heterocycles. The quantitative estimate of drug-likeness (QED) is 0.258. The second-order valence-corrected chi connectivity index (χ2v) is 6.86. The van der Waals surface area contributed by atoms with Gasteiger partial charge in [0.15, 0.2) is 6.29 Å². The maximum absolute atomic E-state index is 11.4. The molecule has 0 saturated carbocycles. The largest absolute Gasteiger partial charge is 0.474 e. The predicted molar refractivity (Wildman–Crippen MR) is 85.0 cm³/mol. The highest BCUT2D eigenvalue weighted by molar-refractivity contribution is 7.47. The topological polar surface area (TPSA) is 76.0 Å². The average Bonchev–Trinajstić information content (AvgIpc) is 2.44. The van der Waals surface area contributed by atoms with Crippen molar-refractivity contribution in [2.24, 2.45) is 0 Å². The normalized spacial score (nSPS) is 15.8. The summed E-state index contributed by atoms with van der Waals surface area (Å²) in [5.41, 5.74) is 0.